The van der Waals surface area contributed by atoms with Crippen molar-refractivity contribution in [3.05, 3.63) is 88.4 Å². The van der Waals surface area contributed by atoms with Gasteiger partial charge < -0.3 is 14.5 Å². The predicted molar refractivity (Wildman–Crippen MR) is 120 cm³/mol. The first-order valence-electron chi connectivity index (χ1n) is 10.2. The Hall–Kier alpha value is -2.49. The molecule has 1 heterocycles. The van der Waals surface area contributed by atoms with Gasteiger partial charge in [-0.05, 0) is 67.4 Å². The molecule has 0 spiro atoms. The molecule has 1 N–H and O–H groups in total. The highest BCUT2D eigenvalue weighted by atomic mass is 35.5. The molecule has 3 nitrogen and oxygen atoms in total. The minimum atomic E-state index is 0.717. The van der Waals surface area contributed by atoms with Crippen molar-refractivity contribution in [1.29, 1.82) is 0 Å². The summed E-state index contributed by atoms with van der Waals surface area (Å²) in [6.45, 7) is 9.90. The first kappa shape index (κ1) is 19.8. The third kappa shape index (κ3) is 5.11. The lowest BCUT2D eigenvalue weighted by molar-refractivity contribution is -0.914. The fourth-order valence-electron chi connectivity index (χ4n) is 3.95. The number of hydrogen-bond donors (Lipinski definition) is 1. The summed E-state index contributed by atoms with van der Waals surface area (Å²) in [6.07, 6.45) is 0. The molecule has 0 amide bonds. The second-order valence-corrected chi connectivity index (χ2v) is 8.34. The molecule has 1 fully saturated rings. The summed E-state index contributed by atoms with van der Waals surface area (Å²) in [4.78, 5) is 4.15. The third-order valence-electron chi connectivity index (χ3n) is 5.58. The molecule has 150 valence electrons. The number of ether oxygens (including phenoxy) is 1. The van der Waals surface area contributed by atoms with Crippen LogP contribution in [0.3, 0.4) is 0 Å². The summed E-state index contributed by atoms with van der Waals surface area (Å²) >= 11 is 5.95. The molecule has 3 aromatic rings. The van der Waals surface area contributed by atoms with Crippen molar-refractivity contribution in [2.45, 2.75) is 20.4 Å². The number of quaternary nitrogens is 1. The SMILES string of the molecule is Cc1ccc(C)c(N2CC[NH+](Cc3cccc(Oc4ccc(Cl)cc4)c3)CC2)c1. The maximum Gasteiger partial charge on any atom is 0.127 e. The Morgan fingerprint density at radius 3 is 2.41 bits per heavy atom. The largest absolute Gasteiger partial charge is 0.457 e. The Morgan fingerprint density at radius 1 is 0.897 bits per heavy atom. The maximum absolute atomic E-state index is 5.99. The molecule has 0 bridgehead atoms. The molecular weight excluding hydrogens is 380 g/mol. The van der Waals surface area contributed by atoms with E-state index < -0.39 is 0 Å². The van der Waals surface area contributed by atoms with Gasteiger partial charge in [0.25, 0.3) is 0 Å². The Kier molecular flexibility index (Phi) is 6.08. The summed E-state index contributed by atoms with van der Waals surface area (Å²) in [5, 5.41) is 0.717. The normalized spacial score (nSPS) is 14.8. The van der Waals surface area contributed by atoms with Crippen LogP contribution in [-0.4, -0.2) is 26.2 Å². The van der Waals surface area contributed by atoms with Crippen molar-refractivity contribution in [2.75, 3.05) is 31.1 Å². The van der Waals surface area contributed by atoms with Gasteiger partial charge in [0.2, 0.25) is 0 Å². The van der Waals surface area contributed by atoms with Crippen molar-refractivity contribution in [2.24, 2.45) is 0 Å². The van der Waals surface area contributed by atoms with E-state index in [1.165, 1.54) is 22.4 Å². The molecule has 0 saturated carbocycles. The number of hydrogen-bond acceptors (Lipinski definition) is 2. The number of piperazine rings is 1. The number of nitrogens with zero attached hydrogens (tertiary/aromatic N) is 1. The van der Waals surface area contributed by atoms with Gasteiger partial charge in [0, 0.05) is 16.3 Å². The van der Waals surface area contributed by atoms with E-state index >= 15 is 0 Å². The van der Waals surface area contributed by atoms with Gasteiger partial charge in [0.15, 0.2) is 0 Å². The lowest BCUT2D eigenvalue weighted by atomic mass is 10.1. The predicted octanol–water partition coefficient (Wildman–Crippen LogP) is 4.65. The number of anilines is 1. The van der Waals surface area contributed by atoms with Gasteiger partial charge in [0.1, 0.15) is 18.0 Å². The monoisotopic (exact) mass is 407 g/mol. The zero-order chi connectivity index (χ0) is 20.2. The van der Waals surface area contributed by atoms with Gasteiger partial charge in [-0.1, -0.05) is 35.9 Å². The molecule has 29 heavy (non-hydrogen) atoms. The Balaban J connectivity index is 1.36. The van der Waals surface area contributed by atoms with E-state index in [0.717, 1.165) is 49.2 Å². The first-order valence-corrected chi connectivity index (χ1v) is 10.6. The lowest BCUT2D eigenvalue weighted by Gasteiger charge is -2.34. The van der Waals surface area contributed by atoms with Crippen LogP contribution in [0.5, 0.6) is 11.5 Å². The average molecular weight is 408 g/mol. The average Bonchev–Trinajstić information content (AvgIpc) is 2.73. The third-order valence-corrected chi connectivity index (χ3v) is 5.83. The van der Waals surface area contributed by atoms with E-state index in [1.807, 2.05) is 30.3 Å². The Bertz CT molecular complexity index is 963. The second-order valence-electron chi connectivity index (χ2n) is 7.91. The highest BCUT2D eigenvalue weighted by Gasteiger charge is 2.21. The second kappa shape index (κ2) is 8.89. The summed E-state index contributed by atoms with van der Waals surface area (Å²) in [6, 6.07) is 22.7. The smallest absolute Gasteiger partial charge is 0.127 e. The van der Waals surface area contributed by atoms with E-state index in [0.29, 0.717) is 0 Å². The Morgan fingerprint density at radius 2 is 1.66 bits per heavy atom. The van der Waals surface area contributed by atoms with E-state index in [1.54, 1.807) is 4.90 Å². The standard InChI is InChI=1S/C25H27ClN2O/c1-19-6-7-20(2)25(16-19)28-14-12-27(13-15-28)18-21-4-3-5-24(17-21)29-23-10-8-22(26)9-11-23/h3-11,16-17H,12-15,18H2,1-2H3/p+1. The molecular formula is C25H28ClN2O+. The van der Waals surface area contributed by atoms with E-state index in [4.69, 9.17) is 16.3 Å². The highest BCUT2D eigenvalue weighted by molar-refractivity contribution is 6.30. The molecule has 0 unspecified atom stereocenters. The fourth-order valence-corrected chi connectivity index (χ4v) is 4.07. The summed E-state index contributed by atoms with van der Waals surface area (Å²) in [7, 11) is 0. The number of nitrogens with one attached hydrogen (secondary N) is 1. The van der Waals surface area contributed by atoms with Crippen molar-refractivity contribution >= 4 is 17.3 Å². The van der Waals surface area contributed by atoms with Crippen LogP contribution in [0.4, 0.5) is 5.69 Å². The van der Waals surface area contributed by atoms with Crippen LogP contribution in [0.15, 0.2) is 66.7 Å². The molecule has 1 aliphatic heterocycles. The highest BCUT2D eigenvalue weighted by Crippen LogP contribution is 2.24. The van der Waals surface area contributed by atoms with Crippen molar-refractivity contribution in [3.8, 4) is 11.5 Å². The van der Waals surface area contributed by atoms with Crippen LogP contribution in [0, 0.1) is 13.8 Å². The quantitative estimate of drug-likeness (QED) is 0.662. The van der Waals surface area contributed by atoms with Gasteiger partial charge in [0.05, 0.1) is 26.2 Å². The Labute approximate surface area is 178 Å². The molecule has 1 aliphatic rings. The van der Waals surface area contributed by atoms with Gasteiger partial charge in [-0.3, -0.25) is 0 Å². The molecule has 4 heteroatoms. The number of rotatable bonds is 5. The van der Waals surface area contributed by atoms with Crippen molar-refractivity contribution in [1.82, 2.24) is 0 Å². The molecule has 1 saturated heterocycles. The molecule has 0 atom stereocenters. The molecule has 0 aliphatic carbocycles. The minimum absolute atomic E-state index is 0.717. The van der Waals surface area contributed by atoms with Gasteiger partial charge in [-0.25, -0.2) is 0 Å². The van der Waals surface area contributed by atoms with Crippen LogP contribution in [0.1, 0.15) is 16.7 Å². The summed E-state index contributed by atoms with van der Waals surface area (Å²) < 4.78 is 5.99. The molecule has 4 rings (SSSR count). The maximum atomic E-state index is 5.99. The number of benzene rings is 3. The van der Waals surface area contributed by atoms with Gasteiger partial charge >= 0.3 is 0 Å². The number of halogens is 1. The summed E-state index contributed by atoms with van der Waals surface area (Å²) in [5.41, 5.74) is 5.40. The first-order chi connectivity index (χ1) is 14.1. The zero-order valence-electron chi connectivity index (χ0n) is 17.1. The van der Waals surface area contributed by atoms with Crippen LogP contribution in [-0.2, 0) is 6.54 Å². The van der Waals surface area contributed by atoms with E-state index in [-0.39, 0.29) is 0 Å². The van der Waals surface area contributed by atoms with Crippen LogP contribution in [0.2, 0.25) is 5.02 Å². The lowest BCUT2D eigenvalue weighted by Crippen LogP contribution is -3.13. The van der Waals surface area contributed by atoms with Crippen LogP contribution >= 0.6 is 11.6 Å². The van der Waals surface area contributed by atoms with Crippen LogP contribution < -0.4 is 14.5 Å². The number of aryl methyl sites for hydroxylation is 2. The minimum Gasteiger partial charge on any atom is -0.457 e. The molecule has 0 aromatic heterocycles. The van der Waals surface area contributed by atoms with Crippen LogP contribution in [0.25, 0.3) is 0 Å². The van der Waals surface area contributed by atoms with E-state index in [9.17, 15) is 0 Å². The van der Waals surface area contributed by atoms with Crippen molar-refractivity contribution < 1.29 is 9.64 Å². The summed E-state index contributed by atoms with van der Waals surface area (Å²) in [5.74, 6) is 1.68. The van der Waals surface area contributed by atoms with E-state index in [2.05, 4.69) is 55.1 Å². The fraction of sp³-hybridized carbons (Fsp3) is 0.280. The zero-order valence-corrected chi connectivity index (χ0v) is 17.9. The molecule has 3 aromatic carbocycles. The molecule has 0 radical (unpaired) electrons. The van der Waals surface area contributed by atoms with Gasteiger partial charge in [-0.15, -0.1) is 0 Å². The van der Waals surface area contributed by atoms with Crippen molar-refractivity contribution in [3.63, 3.8) is 0 Å². The topological polar surface area (TPSA) is 16.9 Å². The van der Waals surface area contributed by atoms with Gasteiger partial charge in [-0.2, -0.15) is 0 Å².